The summed E-state index contributed by atoms with van der Waals surface area (Å²) < 4.78 is 6.02. The summed E-state index contributed by atoms with van der Waals surface area (Å²) in [6.45, 7) is 20.0. The Labute approximate surface area is 336 Å². The van der Waals surface area contributed by atoms with E-state index in [2.05, 4.69) is 124 Å². The van der Waals surface area contributed by atoms with Crippen molar-refractivity contribution in [2.45, 2.75) is 93.3 Å². The summed E-state index contributed by atoms with van der Waals surface area (Å²) in [6, 6.07) is 23.0. The minimum atomic E-state index is 0. The molecule has 1 fully saturated rings. The van der Waals surface area contributed by atoms with Crippen LogP contribution in [0.1, 0.15) is 77.1 Å². The van der Waals surface area contributed by atoms with Crippen molar-refractivity contribution in [2.24, 2.45) is 0 Å². The second-order valence-corrected chi connectivity index (χ2v) is 14.5. The number of aromatic nitrogens is 2. The van der Waals surface area contributed by atoms with Gasteiger partial charge in [0.1, 0.15) is 5.75 Å². The maximum Gasteiger partial charge on any atom is 0.119 e. The monoisotopic (exact) mass is 774 g/mol. The standard InChI is InChI=1S/C45H54N4O.3ClH/c1-8-9-18-50-45-12-10-43(11-13-45)49(30-38-24-42(28-47-26-38)40-21-33(4)36(7)34(5)22-40)44-14-16-48(17-15-44)29-37-23-41(27-46-25-37)39-19-31(2)35(6)32(3)20-39;;;/h10-13,19-28,44H,8-9,14-18,29-30H2,1-7H3;3*1H. The Morgan fingerprint density at radius 1 is 0.642 bits per heavy atom. The molecular formula is C45H57Cl3N4O. The number of halogens is 3. The summed E-state index contributed by atoms with van der Waals surface area (Å²) in [6.07, 6.45) is 12.5. The van der Waals surface area contributed by atoms with Crippen molar-refractivity contribution >= 4 is 42.9 Å². The quantitative estimate of drug-likeness (QED) is 0.118. The first-order valence-corrected chi connectivity index (χ1v) is 18.4. The zero-order valence-corrected chi connectivity index (χ0v) is 34.9. The molecule has 5 nitrogen and oxygen atoms in total. The van der Waals surface area contributed by atoms with Gasteiger partial charge in [0.25, 0.3) is 0 Å². The molecule has 2 aromatic heterocycles. The van der Waals surface area contributed by atoms with Crippen LogP contribution in [0.3, 0.4) is 0 Å². The van der Waals surface area contributed by atoms with E-state index in [1.165, 1.54) is 72.4 Å². The summed E-state index contributed by atoms with van der Waals surface area (Å²) in [4.78, 5) is 14.6. The van der Waals surface area contributed by atoms with Crippen LogP contribution in [0.15, 0.2) is 85.5 Å². The van der Waals surface area contributed by atoms with Crippen molar-refractivity contribution < 1.29 is 4.74 Å². The third-order valence-corrected chi connectivity index (χ3v) is 10.8. The molecule has 0 N–H and O–H groups in total. The average Bonchev–Trinajstić information content (AvgIpc) is 3.12. The third-order valence-electron chi connectivity index (χ3n) is 10.8. The Morgan fingerprint density at radius 3 is 1.64 bits per heavy atom. The predicted octanol–water partition coefficient (Wildman–Crippen LogP) is 11.8. The first kappa shape index (κ1) is 43.8. The normalized spacial score (nSPS) is 13.0. The lowest BCUT2D eigenvalue weighted by molar-refractivity contribution is 0.200. The highest BCUT2D eigenvalue weighted by molar-refractivity contribution is 5.86. The van der Waals surface area contributed by atoms with Gasteiger partial charge in [0.05, 0.1) is 6.61 Å². The minimum Gasteiger partial charge on any atom is -0.494 e. The lowest BCUT2D eigenvalue weighted by Gasteiger charge is -2.40. The highest BCUT2D eigenvalue weighted by Gasteiger charge is 2.26. The molecule has 1 saturated heterocycles. The fourth-order valence-electron chi connectivity index (χ4n) is 7.21. The van der Waals surface area contributed by atoms with Crippen LogP contribution in [-0.4, -0.2) is 40.6 Å². The Balaban J connectivity index is 0.00000252. The van der Waals surface area contributed by atoms with Crippen molar-refractivity contribution in [3.8, 4) is 28.0 Å². The van der Waals surface area contributed by atoms with Gasteiger partial charge in [0.15, 0.2) is 0 Å². The van der Waals surface area contributed by atoms with Gasteiger partial charge in [-0.05, 0) is 153 Å². The van der Waals surface area contributed by atoms with E-state index in [0.717, 1.165) is 64.2 Å². The first-order valence-electron chi connectivity index (χ1n) is 18.4. The number of anilines is 1. The number of likely N-dealkylation sites (tertiary alicyclic amines) is 1. The van der Waals surface area contributed by atoms with E-state index in [0.29, 0.717) is 6.04 Å². The van der Waals surface area contributed by atoms with Crippen molar-refractivity contribution in [3.05, 3.63) is 130 Å². The number of hydrogen-bond acceptors (Lipinski definition) is 5. The van der Waals surface area contributed by atoms with E-state index in [-0.39, 0.29) is 37.2 Å². The number of nitrogens with zero attached hydrogens (tertiary/aromatic N) is 4. The van der Waals surface area contributed by atoms with Gasteiger partial charge in [-0.1, -0.05) is 37.6 Å². The van der Waals surface area contributed by atoms with Crippen LogP contribution in [0.5, 0.6) is 5.75 Å². The number of unbranched alkanes of at least 4 members (excludes halogenated alkanes) is 1. The largest absolute Gasteiger partial charge is 0.494 e. The number of rotatable bonds is 12. The molecule has 0 amide bonds. The summed E-state index contributed by atoms with van der Waals surface area (Å²) in [7, 11) is 0. The molecule has 1 aliphatic heterocycles. The zero-order valence-electron chi connectivity index (χ0n) is 32.4. The maximum absolute atomic E-state index is 6.02. The molecule has 3 aromatic carbocycles. The molecule has 8 heteroatoms. The van der Waals surface area contributed by atoms with Gasteiger partial charge in [-0.25, -0.2) is 0 Å². The number of piperidine rings is 1. The van der Waals surface area contributed by atoms with Gasteiger partial charge in [-0.15, -0.1) is 37.2 Å². The highest BCUT2D eigenvalue weighted by Crippen LogP contribution is 2.31. The number of benzene rings is 3. The second kappa shape index (κ2) is 20.2. The molecule has 0 atom stereocenters. The van der Waals surface area contributed by atoms with Crippen LogP contribution >= 0.6 is 37.2 Å². The smallest absolute Gasteiger partial charge is 0.119 e. The molecule has 1 aliphatic rings. The Kier molecular flexibility index (Phi) is 16.7. The number of aryl methyl sites for hydroxylation is 4. The maximum atomic E-state index is 6.02. The Morgan fingerprint density at radius 2 is 1.13 bits per heavy atom. The summed E-state index contributed by atoms with van der Waals surface area (Å²) in [5.74, 6) is 0.942. The molecule has 0 bridgehead atoms. The van der Waals surface area contributed by atoms with Crippen LogP contribution in [0.2, 0.25) is 0 Å². The molecule has 53 heavy (non-hydrogen) atoms. The fourth-order valence-corrected chi connectivity index (χ4v) is 7.21. The van der Waals surface area contributed by atoms with Gasteiger partial charge in [-0.3, -0.25) is 14.9 Å². The lowest BCUT2D eigenvalue weighted by Crippen LogP contribution is -2.44. The SMILES string of the molecule is CCCCOc1ccc(N(Cc2cncc(-c3cc(C)c(C)c(C)c3)c2)C2CCN(Cc3cncc(-c4cc(C)c(C)c(C)c4)c3)CC2)cc1.Cl.Cl.Cl. The lowest BCUT2D eigenvalue weighted by atomic mass is 9.96. The molecule has 284 valence electrons. The van der Waals surface area contributed by atoms with Gasteiger partial charge >= 0.3 is 0 Å². The molecule has 0 unspecified atom stereocenters. The second-order valence-electron chi connectivity index (χ2n) is 14.5. The summed E-state index contributed by atoms with van der Waals surface area (Å²) in [5, 5.41) is 0. The van der Waals surface area contributed by atoms with Crippen LogP contribution in [0.25, 0.3) is 22.3 Å². The van der Waals surface area contributed by atoms with Gasteiger partial charge in [-0.2, -0.15) is 0 Å². The topological polar surface area (TPSA) is 41.5 Å². The molecule has 0 saturated carbocycles. The van der Waals surface area contributed by atoms with Gasteiger partial charge in [0.2, 0.25) is 0 Å². The molecule has 3 heterocycles. The highest BCUT2D eigenvalue weighted by atomic mass is 35.5. The molecule has 6 rings (SSSR count). The Bertz CT molecular complexity index is 1880. The molecular weight excluding hydrogens is 719 g/mol. The van der Waals surface area contributed by atoms with E-state index < -0.39 is 0 Å². The van der Waals surface area contributed by atoms with Crippen molar-refractivity contribution in [1.29, 1.82) is 0 Å². The van der Waals surface area contributed by atoms with Crippen LogP contribution < -0.4 is 9.64 Å². The number of ether oxygens (including phenoxy) is 1. The third kappa shape index (κ3) is 11.0. The first-order chi connectivity index (χ1) is 24.2. The number of hydrogen-bond donors (Lipinski definition) is 0. The predicted molar refractivity (Wildman–Crippen MR) is 231 cm³/mol. The average molecular weight is 776 g/mol. The molecule has 0 spiro atoms. The summed E-state index contributed by atoms with van der Waals surface area (Å²) in [5.41, 5.74) is 16.6. The van der Waals surface area contributed by atoms with Crippen molar-refractivity contribution in [1.82, 2.24) is 14.9 Å². The van der Waals surface area contributed by atoms with E-state index >= 15 is 0 Å². The van der Waals surface area contributed by atoms with Gasteiger partial charge < -0.3 is 9.64 Å². The van der Waals surface area contributed by atoms with Crippen LogP contribution in [-0.2, 0) is 13.1 Å². The fraction of sp³-hybridized carbons (Fsp3) is 0.378. The van der Waals surface area contributed by atoms with E-state index in [1.54, 1.807) is 0 Å². The van der Waals surface area contributed by atoms with E-state index in [9.17, 15) is 0 Å². The van der Waals surface area contributed by atoms with E-state index in [4.69, 9.17) is 9.72 Å². The molecule has 0 radical (unpaired) electrons. The number of pyridine rings is 2. The molecule has 5 aromatic rings. The van der Waals surface area contributed by atoms with E-state index in [1.807, 2.05) is 24.8 Å². The summed E-state index contributed by atoms with van der Waals surface area (Å²) >= 11 is 0. The zero-order chi connectivity index (χ0) is 35.2. The molecule has 0 aliphatic carbocycles. The minimum absolute atomic E-state index is 0. The van der Waals surface area contributed by atoms with Crippen LogP contribution in [0, 0.1) is 41.5 Å². The van der Waals surface area contributed by atoms with Crippen molar-refractivity contribution in [3.63, 3.8) is 0 Å². The Hall–Kier alpha value is -3.61. The van der Waals surface area contributed by atoms with Crippen molar-refractivity contribution in [2.75, 3.05) is 24.6 Å². The van der Waals surface area contributed by atoms with Crippen LogP contribution in [0.4, 0.5) is 5.69 Å². The van der Waals surface area contributed by atoms with Gasteiger partial charge in [0, 0.05) is 73.8 Å².